The topological polar surface area (TPSA) is 41.5 Å². The van der Waals surface area contributed by atoms with Crippen molar-refractivity contribution in [2.45, 2.75) is 25.4 Å². The molecule has 3 nitrogen and oxygen atoms in total. The van der Waals surface area contributed by atoms with E-state index in [0.717, 1.165) is 32.4 Å². The van der Waals surface area contributed by atoms with Crippen molar-refractivity contribution in [2.75, 3.05) is 19.7 Å². The van der Waals surface area contributed by atoms with Crippen molar-refractivity contribution >= 4 is 23.2 Å². The largest absolute Gasteiger partial charge is 0.489 e. The molecule has 1 aliphatic heterocycles. The highest BCUT2D eigenvalue weighted by molar-refractivity contribution is 6.42. The van der Waals surface area contributed by atoms with Crippen LogP contribution in [0.15, 0.2) is 24.8 Å². The zero-order valence-electron chi connectivity index (χ0n) is 11.9. The molecular weight excluding hydrogens is 309 g/mol. The molecule has 1 heterocycles. The van der Waals surface area contributed by atoms with Crippen LogP contribution in [0.5, 0.6) is 5.75 Å². The number of rotatable bonds is 5. The molecule has 0 bridgehead atoms. The molecule has 5 heteroatoms. The van der Waals surface area contributed by atoms with Crippen LogP contribution >= 0.6 is 23.2 Å². The third kappa shape index (κ3) is 4.13. The summed E-state index contributed by atoms with van der Waals surface area (Å²) in [6.45, 7) is 5.90. The van der Waals surface area contributed by atoms with Gasteiger partial charge in [0.15, 0.2) is 0 Å². The van der Waals surface area contributed by atoms with Crippen LogP contribution in [-0.2, 0) is 0 Å². The fourth-order valence-electron chi connectivity index (χ4n) is 2.70. The standard InChI is InChI=1S/C16H21Cl2NO2/c1-2-10-21-13-6-5-12(17)15(18)14(13)16(20)11-4-3-8-19-9-7-11/h2,5-6,11,16,19-20H,1,3-4,7-10H2. The van der Waals surface area contributed by atoms with Gasteiger partial charge in [-0.2, -0.15) is 0 Å². The average molecular weight is 330 g/mol. The summed E-state index contributed by atoms with van der Waals surface area (Å²) in [6.07, 6.45) is 3.90. The summed E-state index contributed by atoms with van der Waals surface area (Å²) in [5, 5.41) is 14.9. The molecule has 1 aromatic carbocycles. The molecule has 2 rings (SSSR count). The minimum Gasteiger partial charge on any atom is -0.489 e. The van der Waals surface area contributed by atoms with Crippen LogP contribution in [0.4, 0.5) is 0 Å². The number of hydrogen-bond acceptors (Lipinski definition) is 3. The van der Waals surface area contributed by atoms with Gasteiger partial charge in [-0.25, -0.2) is 0 Å². The van der Waals surface area contributed by atoms with Gasteiger partial charge in [-0.1, -0.05) is 35.9 Å². The molecule has 1 saturated heterocycles. The van der Waals surface area contributed by atoms with Crippen molar-refractivity contribution in [1.82, 2.24) is 5.32 Å². The van der Waals surface area contributed by atoms with E-state index in [9.17, 15) is 5.11 Å². The summed E-state index contributed by atoms with van der Waals surface area (Å²) in [7, 11) is 0. The Labute approximate surface area is 135 Å². The van der Waals surface area contributed by atoms with Crippen LogP contribution in [-0.4, -0.2) is 24.8 Å². The van der Waals surface area contributed by atoms with Gasteiger partial charge in [0.1, 0.15) is 12.4 Å². The molecular formula is C16H21Cl2NO2. The van der Waals surface area contributed by atoms with Gasteiger partial charge in [0.2, 0.25) is 0 Å². The Morgan fingerprint density at radius 1 is 1.38 bits per heavy atom. The van der Waals surface area contributed by atoms with Gasteiger partial charge in [0.25, 0.3) is 0 Å². The maximum absolute atomic E-state index is 10.8. The van der Waals surface area contributed by atoms with Crippen molar-refractivity contribution in [3.63, 3.8) is 0 Å². The summed E-state index contributed by atoms with van der Waals surface area (Å²) in [4.78, 5) is 0. The number of aliphatic hydroxyl groups excluding tert-OH is 1. The summed E-state index contributed by atoms with van der Waals surface area (Å²) >= 11 is 12.4. The first-order valence-electron chi connectivity index (χ1n) is 7.25. The second-order valence-corrected chi connectivity index (χ2v) is 6.04. The van der Waals surface area contributed by atoms with Crippen molar-refractivity contribution in [3.8, 4) is 5.75 Å². The van der Waals surface area contributed by atoms with E-state index in [1.807, 2.05) is 0 Å². The highest BCUT2D eigenvalue weighted by Gasteiger charge is 2.27. The lowest BCUT2D eigenvalue weighted by Gasteiger charge is -2.24. The molecule has 0 aliphatic carbocycles. The molecule has 0 radical (unpaired) electrons. The molecule has 21 heavy (non-hydrogen) atoms. The molecule has 0 amide bonds. The van der Waals surface area contributed by atoms with Crippen LogP contribution in [0.3, 0.4) is 0 Å². The summed E-state index contributed by atoms with van der Waals surface area (Å²) in [5.74, 6) is 0.732. The maximum atomic E-state index is 10.8. The predicted octanol–water partition coefficient (Wildman–Crippen LogP) is 3.98. The van der Waals surface area contributed by atoms with Crippen LogP contribution in [0.25, 0.3) is 0 Å². The van der Waals surface area contributed by atoms with E-state index in [1.54, 1.807) is 18.2 Å². The quantitative estimate of drug-likeness (QED) is 0.803. The first-order chi connectivity index (χ1) is 10.1. The Kier molecular flexibility index (Phi) is 6.37. The molecule has 2 unspecified atom stereocenters. The van der Waals surface area contributed by atoms with E-state index >= 15 is 0 Å². The van der Waals surface area contributed by atoms with E-state index in [1.165, 1.54) is 0 Å². The molecule has 0 saturated carbocycles. The maximum Gasteiger partial charge on any atom is 0.127 e. The molecule has 2 atom stereocenters. The second kappa shape index (κ2) is 8.04. The number of hydrogen-bond donors (Lipinski definition) is 2. The third-order valence-corrected chi connectivity index (χ3v) is 4.63. The van der Waals surface area contributed by atoms with E-state index in [2.05, 4.69) is 11.9 Å². The van der Waals surface area contributed by atoms with E-state index in [-0.39, 0.29) is 5.92 Å². The number of ether oxygens (including phenoxy) is 1. The van der Waals surface area contributed by atoms with Gasteiger partial charge in [0, 0.05) is 5.56 Å². The molecule has 1 aliphatic rings. The van der Waals surface area contributed by atoms with Crippen LogP contribution < -0.4 is 10.1 Å². The van der Waals surface area contributed by atoms with Gasteiger partial charge in [-0.15, -0.1) is 0 Å². The van der Waals surface area contributed by atoms with Gasteiger partial charge in [-0.05, 0) is 50.4 Å². The van der Waals surface area contributed by atoms with Gasteiger partial charge < -0.3 is 15.2 Å². The highest BCUT2D eigenvalue weighted by atomic mass is 35.5. The van der Waals surface area contributed by atoms with Crippen molar-refractivity contribution in [3.05, 3.63) is 40.4 Å². The lowest BCUT2D eigenvalue weighted by Crippen LogP contribution is -2.17. The smallest absolute Gasteiger partial charge is 0.127 e. The average Bonchev–Trinajstić information content (AvgIpc) is 2.77. The third-order valence-electron chi connectivity index (χ3n) is 3.81. The number of aliphatic hydroxyl groups is 1. The molecule has 1 fully saturated rings. The van der Waals surface area contributed by atoms with Crippen LogP contribution in [0.2, 0.25) is 10.0 Å². The number of nitrogens with one attached hydrogen (secondary N) is 1. The molecule has 116 valence electrons. The normalized spacial score (nSPS) is 20.6. The zero-order chi connectivity index (χ0) is 15.2. The first-order valence-corrected chi connectivity index (χ1v) is 8.01. The lowest BCUT2D eigenvalue weighted by atomic mass is 9.89. The van der Waals surface area contributed by atoms with Crippen molar-refractivity contribution in [2.24, 2.45) is 5.92 Å². The SMILES string of the molecule is C=CCOc1ccc(Cl)c(Cl)c1C(O)C1CCCNCC1. The number of halogens is 2. The van der Waals surface area contributed by atoms with E-state index in [0.29, 0.717) is 28.0 Å². The fourth-order valence-corrected chi connectivity index (χ4v) is 3.13. The fraction of sp³-hybridized carbons (Fsp3) is 0.500. The Hall–Kier alpha value is -0.740. The highest BCUT2D eigenvalue weighted by Crippen LogP contribution is 2.42. The minimum atomic E-state index is -0.670. The molecule has 0 aromatic heterocycles. The summed E-state index contributed by atoms with van der Waals surface area (Å²) in [6, 6.07) is 3.44. The predicted molar refractivity (Wildman–Crippen MR) is 87.3 cm³/mol. The lowest BCUT2D eigenvalue weighted by molar-refractivity contribution is 0.0975. The molecule has 1 aromatic rings. The Bertz CT molecular complexity index is 485. The van der Waals surface area contributed by atoms with Gasteiger partial charge >= 0.3 is 0 Å². The summed E-state index contributed by atoms with van der Waals surface area (Å²) < 4.78 is 5.63. The Morgan fingerprint density at radius 2 is 2.19 bits per heavy atom. The zero-order valence-corrected chi connectivity index (χ0v) is 13.5. The van der Waals surface area contributed by atoms with Crippen molar-refractivity contribution in [1.29, 1.82) is 0 Å². The molecule has 2 N–H and O–H groups in total. The van der Waals surface area contributed by atoms with Crippen molar-refractivity contribution < 1.29 is 9.84 Å². The Balaban J connectivity index is 2.30. The number of benzene rings is 1. The summed E-state index contributed by atoms with van der Waals surface area (Å²) in [5.41, 5.74) is 0.595. The van der Waals surface area contributed by atoms with E-state index in [4.69, 9.17) is 27.9 Å². The van der Waals surface area contributed by atoms with E-state index < -0.39 is 6.10 Å². The monoisotopic (exact) mass is 329 g/mol. The van der Waals surface area contributed by atoms with Crippen LogP contribution in [0, 0.1) is 5.92 Å². The molecule has 0 spiro atoms. The van der Waals surface area contributed by atoms with Gasteiger partial charge in [-0.3, -0.25) is 0 Å². The second-order valence-electron chi connectivity index (χ2n) is 5.26. The Morgan fingerprint density at radius 3 is 2.95 bits per heavy atom. The first kappa shape index (κ1) is 16.6. The van der Waals surface area contributed by atoms with Gasteiger partial charge in [0.05, 0.1) is 16.1 Å². The van der Waals surface area contributed by atoms with Crippen LogP contribution in [0.1, 0.15) is 30.9 Å². The minimum absolute atomic E-state index is 0.155.